The Morgan fingerprint density at radius 2 is 2.19 bits per heavy atom. The van der Waals surface area contributed by atoms with Crippen molar-refractivity contribution < 1.29 is 0 Å². The van der Waals surface area contributed by atoms with Gasteiger partial charge in [0, 0.05) is 29.1 Å². The Bertz CT molecular complexity index is 1160. The average molecular weight is 392 g/mol. The van der Waals surface area contributed by atoms with Gasteiger partial charge in [0.25, 0.3) is 5.56 Å². The number of benzene rings is 1. The highest BCUT2D eigenvalue weighted by Crippen LogP contribution is 2.25. The average Bonchev–Trinajstić information content (AvgIpc) is 3.41. The molecule has 0 aliphatic rings. The number of tetrazole rings is 1. The van der Waals surface area contributed by atoms with E-state index in [9.17, 15) is 10.1 Å². The van der Waals surface area contributed by atoms with Crippen LogP contribution in [0.1, 0.15) is 11.1 Å². The fraction of sp³-hybridized carbons (Fsp3) is 0.0556. The van der Waals surface area contributed by atoms with E-state index in [1.807, 2.05) is 41.1 Å². The van der Waals surface area contributed by atoms with Gasteiger partial charge in [-0.1, -0.05) is 18.2 Å². The van der Waals surface area contributed by atoms with Gasteiger partial charge in [0.2, 0.25) is 0 Å². The molecule has 1 N–H and O–H groups in total. The second kappa shape index (κ2) is 7.57. The highest BCUT2D eigenvalue weighted by atomic mass is 32.2. The van der Waals surface area contributed by atoms with Crippen LogP contribution in [-0.4, -0.2) is 24.6 Å². The number of nitrogens with one attached hydrogen (secondary N) is 1. The minimum Gasteiger partial charge on any atom is -0.268 e. The predicted molar refractivity (Wildman–Crippen MR) is 105 cm³/mol. The summed E-state index contributed by atoms with van der Waals surface area (Å²) in [5.41, 5.74) is 3.76. The predicted octanol–water partition coefficient (Wildman–Crippen LogP) is 3.33. The van der Waals surface area contributed by atoms with Crippen LogP contribution in [0.25, 0.3) is 22.5 Å². The van der Waals surface area contributed by atoms with Gasteiger partial charge in [-0.15, -0.1) is 5.10 Å². The zero-order chi connectivity index (χ0) is 18.6. The highest BCUT2D eigenvalue weighted by molar-refractivity contribution is 7.97. The molecule has 0 saturated heterocycles. The van der Waals surface area contributed by atoms with Crippen molar-refractivity contribution in [1.29, 1.82) is 5.26 Å². The molecule has 1 aromatic carbocycles. The molecule has 27 heavy (non-hydrogen) atoms. The zero-order valence-corrected chi connectivity index (χ0v) is 15.5. The molecule has 0 spiro atoms. The smallest absolute Gasteiger partial charge is 0.261 e. The number of hydrogen-bond acceptors (Lipinski definition) is 7. The summed E-state index contributed by atoms with van der Waals surface area (Å²) in [5.74, 6) is 1.16. The van der Waals surface area contributed by atoms with E-state index in [1.54, 1.807) is 6.20 Å². The van der Waals surface area contributed by atoms with Gasteiger partial charge in [-0.05, 0) is 56.4 Å². The monoisotopic (exact) mass is 392 g/mol. The van der Waals surface area contributed by atoms with Crippen molar-refractivity contribution in [3.63, 3.8) is 0 Å². The lowest BCUT2D eigenvalue weighted by molar-refractivity contribution is 0.881. The quantitative estimate of drug-likeness (QED) is 0.559. The standard InChI is InChI=1S/C18H12N6OS2/c19-8-15-9-24(17(25)7-16(15)14-4-5-26-11-14)27-10-12-2-1-3-13(6-12)18-20-22-23-21-18/h1-7,9,11H,10H2,(H,20,21,22,23). The summed E-state index contributed by atoms with van der Waals surface area (Å²) in [6.07, 6.45) is 1.60. The number of nitrogens with zero attached hydrogens (tertiary/aromatic N) is 5. The molecule has 0 saturated carbocycles. The number of hydrogen-bond donors (Lipinski definition) is 1. The number of aromatic nitrogens is 5. The fourth-order valence-corrected chi connectivity index (χ4v) is 4.08. The molecule has 0 atom stereocenters. The summed E-state index contributed by atoms with van der Waals surface area (Å²) in [7, 11) is 0. The first-order chi connectivity index (χ1) is 13.2. The SMILES string of the molecule is N#Cc1cn(SCc2cccc(-c3nnn[nH]3)c2)c(=O)cc1-c1ccsc1. The normalized spacial score (nSPS) is 10.6. The third kappa shape index (κ3) is 3.67. The number of rotatable bonds is 5. The molecule has 4 aromatic rings. The lowest BCUT2D eigenvalue weighted by Gasteiger charge is -2.08. The molecule has 0 aliphatic heterocycles. The number of pyridine rings is 1. The molecular formula is C18H12N6OS2. The van der Waals surface area contributed by atoms with Gasteiger partial charge < -0.3 is 0 Å². The lowest BCUT2D eigenvalue weighted by Crippen LogP contribution is -2.15. The zero-order valence-electron chi connectivity index (χ0n) is 13.9. The van der Waals surface area contributed by atoms with Crippen molar-refractivity contribution in [3.05, 3.63) is 74.8 Å². The fourth-order valence-electron chi connectivity index (χ4n) is 2.60. The van der Waals surface area contributed by atoms with Crippen molar-refractivity contribution in [2.75, 3.05) is 0 Å². The number of nitriles is 1. The summed E-state index contributed by atoms with van der Waals surface area (Å²) in [6.45, 7) is 0. The maximum absolute atomic E-state index is 12.5. The van der Waals surface area contributed by atoms with E-state index >= 15 is 0 Å². The second-order valence-electron chi connectivity index (χ2n) is 5.61. The maximum Gasteiger partial charge on any atom is 0.261 e. The van der Waals surface area contributed by atoms with Crippen LogP contribution in [0.2, 0.25) is 0 Å². The van der Waals surface area contributed by atoms with E-state index in [2.05, 4.69) is 26.7 Å². The molecule has 0 unspecified atom stereocenters. The van der Waals surface area contributed by atoms with Crippen molar-refractivity contribution in [3.8, 4) is 28.6 Å². The van der Waals surface area contributed by atoms with Crippen molar-refractivity contribution in [1.82, 2.24) is 24.6 Å². The van der Waals surface area contributed by atoms with E-state index in [1.165, 1.54) is 33.3 Å². The minimum absolute atomic E-state index is 0.157. The first-order valence-corrected chi connectivity index (χ1v) is 9.79. The van der Waals surface area contributed by atoms with Crippen LogP contribution in [0.4, 0.5) is 0 Å². The Hall–Kier alpha value is -3.22. The second-order valence-corrected chi connectivity index (χ2v) is 7.33. The molecule has 3 aromatic heterocycles. The highest BCUT2D eigenvalue weighted by Gasteiger charge is 2.10. The maximum atomic E-state index is 12.5. The van der Waals surface area contributed by atoms with E-state index in [0.717, 1.165) is 16.7 Å². The van der Waals surface area contributed by atoms with Crippen LogP contribution in [0.3, 0.4) is 0 Å². The molecule has 0 bridgehead atoms. The van der Waals surface area contributed by atoms with Crippen molar-refractivity contribution in [2.24, 2.45) is 0 Å². The Balaban J connectivity index is 1.58. The van der Waals surface area contributed by atoms with Crippen LogP contribution in [-0.2, 0) is 5.75 Å². The van der Waals surface area contributed by atoms with Gasteiger partial charge in [-0.3, -0.25) is 8.77 Å². The van der Waals surface area contributed by atoms with Gasteiger partial charge in [0.1, 0.15) is 6.07 Å². The molecule has 0 aliphatic carbocycles. The molecule has 0 amide bonds. The molecular weight excluding hydrogens is 380 g/mol. The van der Waals surface area contributed by atoms with E-state index in [-0.39, 0.29) is 5.56 Å². The van der Waals surface area contributed by atoms with Gasteiger partial charge >= 0.3 is 0 Å². The molecule has 7 nitrogen and oxygen atoms in total. The first kappa shape index (κ1) is 17.2. The van der Waals surface area contributed by atoms with Crippen molar-refractivity contribution in [2.45, 2.75) is 5.75 Å². The third-order valence-electron chi connectivity index (χ3n) is 3.89. The van der Waals surface area contributed by atoms with Crippen LogP contribution in [0.5, 0.6) is 0 Å². The van der Waals surface area contributed by atoms with Crippen LogP contribution >= 0.6 is 23.3 Å². The first-order valence-electron chi connectivity index (χ1n) is 7.90. The van der Waals surface area contributed by atoms with Crippen molar-refractivity contribution >= 4 is 23.3 Å². The Kier molecular flexibility index (Phi) is 4.82. The summed E-state index contributed by atoms with van der Waals surface area (Å²) in [6, 6.07) is 13.4. The van der Waals surface area contributed by atoms with E-state index in [0.29, 0.717) is 22.7 Å². The molecule has 0 radical (unpaired) electrons. The van der Waals surface area contributed by atoms with Gasteiger partial charge in [-0.2, -0.15) is 16.6 Å². The summed E-state index contributed by atoms with van der Waals surface area (Å²) >= 11 is 2.87. The lowest BCUT2D eigenvalue weighted by atomic mass is 10.1. The van der Waals surface area contributed by atoms with Crippen LogP contribution in [0.15, 0.2) is 58.1 Å². The number of aromatic amines is 1. The summed E-state index contributed by atoms with van der Waals surface area (Å²) in [4.78, 5) is 12.5. The molecule has 0 fully saturated rings. The topological polar surface area (TPSA) is 100 Å². The molecule has 4 rings (SSSR count). The molecule has 3 heterocycles. The largest absolute Gasteiger partial charge is 0.268 e. The molecule has 132 valence electrons. The number of thiophene rings is 1. The Morgan fingerprint density at radius 1 is 1.26 bits per heavy atom. The summed E-state index contributed by atoms with van der Waals surface area (Å²) < 4.78 is 1.50. The number of H-pyrrole nitrogens is 1. The van der Waals surface area contributed by atoms with Gasteiger partial charge in [0.15, 0.2) is 5.82 Å². The van der Waals surface area contributed by atoms with Gasteiger partial charge in [-0.25, -0.2) is 5.10 Å². The van der Waals surface area contributed by atoms with Crippen LogP contribution in [0, 0.1) is 11.3 Å². The van der Waals surface area contributed by atoms with Crippen LogP contribution < -0.4 is 5.56 Å². The van der Waals surface area contributed by atoms with E-state index < -0.39 is 0 Å². The van der Waals surface area contributed by atoms with E-state index in [4.69, 9.17) is 0 Å². The Morgan fingerprint density at radius 3 is 2.93 bits per heavy atom. The third-order valence-corrected chi connectivity index (χ3v) is 5.60. The summed E-state index contributed by atoms with van der Waals surface area (Å²) in [5, 5.41) is 27.1. The minimum atomic E-state index is -0.157. The Labute approximate surface area is 162 Å². The van der Waals surface area contributed by atoms with Gasteiger partial charge in [0.05, 0.1) is 5.56 Å². The molecule has 9 heteroatoms.